The Morgan fingerprint density at radius 3 is 2.54 bits per heavy atom. The molecule has 2 atom stereocenters. The maximum atomic E-state index is 4.16. The lowest BCUT2D eigenvalue weighted by atomic mass is 9.95. The van der Waals surface area contributed by atoms with E-state index in [1.807, 2.05) is 0 Å². The van der Waals surface area contributed by atoms with Crippen LogP contribution >= 0.6 is 0 Å². The van der Waals surface area contributed by atoms with E-state index < -0.39 is 0 Å². The van der Waals surface area contributed by atoms with Crippen molar-refractivity contribution in [3.8, 4) is 0 Å². The third kappa shape index (κ3) is 1.13. The molecule has 2 rings (SSSR count). The van der Waals surface area contributed by atoms with Gasteiger partial charge in [-0.1, -0.05) is 44.2 Å². The molecule has 0 saturated heterocycles. The van der Waals surface area contributed by atoms with Crippen molar-refractivity contribution in [1.29, 1.82) is 0 Å². The number of aryl methyl sites for hydroxylation is 1. The van der Waals surface area contributed by atoms with Crippen LogP contribution in [0.25, 0.3) is 5.57 Å². The van der Waals surface area contributed by atoms with Crippen molar-refractivity contribution >= 4 is 5.57 Å². The van der Waals surface area contributed by atoms with E-state index in [1.165, 1.54) is 22.3 Å². The zero-order valence-corrected chi connectivity index (χ0v) is 8.59. The lowest BCUT2D eigenvalue weighted by molar-refractivity contribution is 0.637. The third-order valence-corrected chi connectivity index (χ3v) is 3.34. The zero-order chi connectivity index (χ0) is 9.59. The Morgan fingerprint density at radius 1 is 1.15 bits per heavy atom. The summed E-state index contributed by atoms with van der Waals surface area (Å²) in [6.07, 6.45) is 0. The molecule has 0 bridgehead atoms. The van der Waals surface area contributed by atoms with Gasteiger partial charge in [0, 0.05) is 0 Å². The summed E-state index contributed by atoms with van der Waals surface area (Å²) in [5.74, 6) is 1.25. The van der Waals surface area contributed by atoms with Gasteiger partial charge >= 0.3 is 0 Å². The van der Waals surface area contributed by atoms with E-state index in [9.17, 15) is 0 Å². The fraction of sp³-hybridized carbons (Fsp3) is 0.385. The van der Waals surface area contributed by atoms with Crippen LogP contribution in [0.1, 0.15) is 36.5 Å². The van der Waals surface area contributed by atoms with Crippen LogP contribution in [0.15, 0.2) is 24.8 Å². The number of fused-ring (bicyclic) bond motifs is 1. The van der Waals surface area contributed by atoms with Crippen molar-refractivity contribution in [3.05, 3.63) is 41.5 Å². The minimum Gasteiger partial charge on any atom is -0.0949 e. The topological polar surface area (TPSA) is 0 Å². The fourth-order valence-corrected chi connectivity index (χ4v) is 2.17. The van der Waals surface area contributed by atoms with Gasteiger partial charge in [0.05, 0.1) is 0 Å². The zero-order valence-electron chi connectivity index (χ0n) is 8.59. The molecule has 13 heavy (non-hydrogen) atoms. The third-order valence-electron chi connectivity index (χ3n) is 3.34. The molecule has 1 aliphatic rings. The van der Waals surface area contributed by atoms with Crippen molar-refractivity contribution in [2.45, 2.75) is 26.7 Å². The Morgan fingerprint density at radius 2 is 1.85 bits per heavy atom. The minimum absolute atomic E-state index is 0.608. The normalized spacial score (nSPS) is 26.2. The summed E-state index contributed by atoms with van der Waals surface area (Å²) in [6.45, 7) is 10.9. The molecule has 0 heterocycles. The van der Waals surface area contributed by atoms with Crippen LogP contribution in [0.2, 0.25) is 0 Å². The van der Waals surface area contributed by atoms with E-state index in [0.29, 0.717) is 11.8 Å². The number of benzene rings is 1. The second-order valence-corrected chi connectivity index (χ2v) is 4.19. The van der Waals surface area contributed by atoms with E-state index >= 15 is 0 Å². The van der Waals surface area contributed by atoms with Crippen molar-refractivity contribution in [1.82, 2.24) is 0 Å². The van der Waals surface area contributed by atoms with Gasteiger partial charge in [-0.25, -0.2) is 0 Å². The summed E-state index contributed by atoms with van der Waals surface area (Å²) >= 11 is 0. The maximum absolute atomic E-state index is 4.16. The largest absolute Gasteiger partial charge is 0.0949 e. The SMILES string of the molecule is C=C1c2ccc(C)cc2C(C)C1C. The van der Waals surface area contributed by atoms with Crippen LogP contribution in [0.5, 0.6) is 0 Å². The number of allylic oxidation sites excluding steroid dienone is 1. The number of hydrogen-bond donors (Lipinski definition) is 0. The monoisotopic (exact) mass is 172 g/mol. The molecule has 0 fully saturated rings. The van der Waals surface area contributed by atoms with Gasteiger partial charge in [0.1, 0.15) is 0 Å². The van der Waals surface area contributed by atoms with Gasteiger partial charge < -0.3 is 0 Å². The Kier molecular flexibility index (Phi) is 1.80. The molecule has 0 N–H and O–H groups in total. The molecule has 68 valence electrons. The lowest BCUT2D eigenvalue weighted by Gasteiger charge is -2.09. The first-order valence-electron chi connectivity index (χ1n) is 4.91. The molecule has 1 aliphatic carbocycles. The van der Waals surface area contributed by atoms with Crippen LogP contribution in [0.3, 0.4) is 0 Å². The highest BCUT2D eigenvalue weighted by molar-refractivity contribution is 5.74. The molecule has 1 aromatic carbocycles. The van der Waals surface area contributed by atoms with E-state index in [2.05, 4.69) is 45.5 Å². The minimum atomic E-state index is 0.608. The first-order valence-corrected chi connectivity index (χ1v) is 4.91. The molecule has 0 aliphatic heterocycles. The Labute approximate surface area is 80.3 Å². The molecule has 0 spiro atoms. The number of hydrogen-bond acceptors (Lipinski definition) is 0. The Balaban J connectivity index is 2.60. The first-order chi connectivity index (χ1) is 6.11. The van der Waals surface area contributed by atoms with Crippen LogP contribution in [-0.4, -0.2) is 0 Å². The van der Waals surface area contributed by atoms with E-state index in [1.54, 1.807) is 0 Å². The Bertz CT molecular complexity index is 360. The van der Waals surface area contributed by atoms with Gasteiger partial charge in [-0.05, 0) is 35.5 Å². The fourth-order valence-electron chi connectivity index (χ4n) is 2.17. The van der Waals surface area contributed by atoms with Crippen molar-refractivity contribution in [2.75, 3.05) is 0 Å². The standard InChI is InChI=1S/C13H16/c1-8-5-6-12-10(3)9(2)11(4)13(12)7-8/h5-7,9,11H,3H2,1-2,4H3. The van der Waals surface area contributed by atoms with Gasteiger partial charge in [-0.15, -0.1) is 0 Å². The average molecular weight is 172 g/mol. The second-order valence-electron chi connectivity index (χ2n) is 4.19. The van der Waals surface area contributed by atoms with E-state index in [-0.39, 0.29) is 0 Å². The smallest absolute Gasteiger partial charge is 0.0118 e. The summed E-state index contributed by atoms with van der Waals surface area (Å²) in [5, 5.41) is 0. The molecule has 0 radical (unpaired) electrons. The second kappa shape index (κ2) is 2.73. The average Bonchev–Trinajstić information content (AvgIpc) is 2.32. The summed E-state index contributed by atoms with van der Waals surface area (Å²) in [7, 11) is 0. The molecule has 2 unspecified atom stereocenters. The molecular weight excluding hydrogens is 156 g/mol. The van der Waals surface area contributed by atoms with Gasteiger partial charge in [0.15, 0.2) is 0 Å². The summed E-state index contributed by atoms with van der Waals surface area (Å²) in [5.41, 5.74) is 5.53. The molecule has 1 aromatic rings. The highest BCUT2D eigenvalue weighted by Gasteiger charge is 2.28. The first kappa shape index (κ1) is 8.55. The van der Waals surface area contributed by atoms with Crippen LogP contribution < -0.4 is 0 Å². The predicted octanol–water partition coefficient (Wildman–Crippen LogP) is 3.76. The predicted molar refractivity (Wildman–Crippen MR) is 57.8 cm³/mol. The maximum Gasteiger partial charge on any atom is -0.0118 e. The summed E-state index contributed by atoms with van der Waals surface area (Å²) in [6, 6.07) is 6.69. The lowest BCUT2D eigenvalue weighted by Crippen LogP contribution is -1.96. The van der Waals surface area contributed by atoms with Gasteiger partial charge in [0.2, 0.25) is 0 Å². The van der Waals surface area contributed by atoms with E-state index in [4.69, 9.17) is 0 Å². The Hall–Kier alpha value is -1.04. The molecule has 0 saturated carbocycles. The van der Waals surface area contributed by atoms with Crippen LogP contribution in [0.4, 0.5) is 0 Å². The van der Waals surface area contributed by atoms with Crippen molar-refractivity contribution in [3.63, 3.8) is 0 Å². The quantitative estimate of drug-likeness (QED) is 0.559. The van der Waals surface area contributed by atoms with Crippen LogP contribution in [-0.2, 0) is 0 Å². The van der Waals surface area contributed by atoms with Crippen molar-refractivity contribution < 1.29 is 0 Å². The number of rotatable bonds is 0. The van der Waals surface area contributed by atoms with Crippen molar-refractivity contribution in [2.24, 2.45) is 5.92 Å². The molecule has 0 aromatic heterocycles. The summed E-state index contributed by atoms with van der Waals surface area (Å²) in [4.78, 5) is 0. The molecule has 0 amide bonds. The molecular formula is C13H16. The highest BCUT2D eigenvalue weighted by atomic mass is 14.3. The molecule has 0 heteroatoms. The summed E-state index contributed by atoms with van der Waals surface area (Å²) < 4.78 is 0. The highest BCUT2D eigenvalue weighted by Crippen LogP contribution is 2.44. The van der Waals surface area contributed by atoms with Gasteiger partial charge in [0.25, 0.3) is 0 Å². The van der Waals surface area contributed by atoms with Gasteiger partial charge in [-0.3, -0.25) is 0 Å². The van der Waals surface area contributed by atoms with Crippen LogP contribution in [0, 0.1) is 12.8 Å². The van der Waals surface area contributed by atoms with Gasteiger partial charge in [-0.2, -0.15) is 0 Å². The molecule has 0 nitrogen and oxygen atoms in total. The van der Waals surface area contributed by atoms with E-state index in [0.717, 1.165) is 0 Å².